The van der Waals surface area contributed by atoms with Crippen LogP contribution < -0.4 is 10.1 Å². The van der Waals surface area contributed by atoms with Gasteiger partial charge in [0.25, 0.3) is 5.91 Å². The van der Waals surface area contributed by atoms with E-state index in [9.17, 15) is 4.79 Å². The van der Waals surface area contributed by atoms with E-state index in [1.807, 2.05) is 18.2 Å². The Balaban J connectivity index is 1.45. The number of ether oxygens (including phenoxy) is 2. The van der Waals surface area contributed by atoms with E-state index in [1.54, 1.807) is 13.2 Å². The zero-order valence-corrected chi connectivity index (χ0v) is 13.8. The number of carbonyl (C=O) groups is 1. The summed E-state index contributed by atoms with van der Waals surface area (Å²) in [6.07, 6.45) is 3.90. The molecule has 1 N–H and O–H groups in total. The van der Waals surface area contributed by atoms with Gasteiger partial charge in [-0.1, -0.05) is 6.07 Å². The normalized spacial score (nSPS) is 21.3. The number of rotatable bonds is 8. The maximum absolute atomic E-state index is 12.3. The molecule has 5 heteroatoms. The molecule has 0 bridgehead atoms. The highest BCUT2D eigenvalue weighted by Gasteiger charge is 2.34. The molecule has 5 nitrogen and oxygen atoms in total. The van der Waals surface area contributed by atoms with E-state index >= 15 is 0 Å². The molecule has 0 radical (unpaired) electrons. The van der Waals surface area contributed by atoms with E-state index in [-0.39, 0.29) is 5.91 Å². The van der Waals surface area contributed by atoms with Crippen molar-refractivity contribution in [2.24, 2.45) is 5.92 Å². The molecule has 1 saturated heterocycles. The second-order valence-corrected chi connectivity index (χ2v) is 6.46. The Labute approximate surface area is 137 Å². The first-order valence-electron chi connectivity index (χ1n) is 8.50. The van der Waals surface area contributed by atoms with Crippen molar-refractivity contribution in [3.63, 3.8) is 0 Å². The summed E-state index contributed by atoms with van der Waals surface area (Å²) in [7, 11) is 1.64. The molecule has 2 aliphatic rings. The van der Waals surface area contributed by atoms with Crippen molar-refractivity contribution in [3.8, 4) is 5.75 Å². The van der Waals surface area contributed by atoms with Gasteiger partial charge >= 0.3 is 0 Å². The summed E-state index contributed by atoms with van der Waals surface area (Å²) in [5.41, 5.74) is 0.650. The largest absolute Gasteiger partial charge is 0.491 e. The van der Waals surface area contributed by atoms with Gasteiger partial charge in [-0.2, -0.15) is 0 Å². The summed E-state index contributed by atoms with van der Waals surface area (Å²) >= 11 is 0. The van der Waals surface area contributed by atoms with Gasteiger partial charge in [-0.3, -0.25) is 4.79 Å². The van der Waals surface area contributed by atoms with Gasteiger partial charge < -0.3 is 19.7 Å². The summed E-state index contributed by atoms with van der Waals surface area (Å²) in [6.45, 7) is 4.10. The lowest BCUT2D eigenvalue weighted by Crippen LogP contribution is -2.31. The quantitative estimate of drug-likeness (QED) is 0.744. The number of hydrogen-bond acceptors (Lipinski definition) is 4. The molecule has 1 saturated carbocycles. The SMILES string of the molecule is COCCOc1cccc(C(=O)NC[C@H]2CCN(C3CC3)C2)c1. The lowest BCUT2D eigenvalue weighted by molar-refractivity contribution is 0.0946. The van der Waals surface area contributed by atoms with E-state index in [0.29, 0.717) is 30.4 Å². The van der Waals surface area contributed by atoms with Gasteiger partial charge in [0, 0.05) is 31.8 Å². The number of likely N-dealkylation sites (tertiary alicyclic amines) is 1. The third kappa shape index (κ3) is 4.69. The van der Waals surface area contributed by atoms with Gasteiger partial charge in [-0.15, -0.1) is 0 Å². The lowest BCUT2D eigenvalue weighted by atomic mass is 10.1. The summed E-state index contributed by atoms with van der Waals surface area (Å²) in [4.78, 5) is 14.9. The monoisotopic (exact) mass is 318 g/mol. The fourth-order valence-electron chi connectivity index (χ4n) is 3.11. The number of methoxy groups -OCH3 is 1. The van der Waals surface area contributed by atoms with E-state index in [1.165, 1.54) is 25.8 Å². The molecule has 0 aromatic heterocycles. The minimum Gasteiger partial charge on any atom is -0.491 e. The first kappa shape index (κ1) is 16.3. The number of hydrogen-bond donors (Lipinski definition) is 1. The van der Waals surface area contributed by atoms with E-state index < -0.39 is 0 Å². The van der Waals surface area contributed by atoms with Crippen molar-refractivity contribution in [3.05, 3.63) is 29.8 Å². The molecule has 1 aromatic rings. The summed E-state index contributed by atoms with van der Waals surface area (Å²) in [6, 6.07) is 8.15. The Hall–Kier alpha value is -1.59. The van der Waals surface area contributed by atoms with Crippen LogP contribution in [0.4, 0.5) is 0 Å². The molecule has 1 aromatic carbocycles. The molecule has 126 valence electrons. The molecule has 23 heavy (non-hydrogen) atoms. The molecule has 3 rings (SSSR count). The Kier molecular flexibility index (Phi) is 5.51. The van der Waals surface area contributed by atoms with Crippen LogP contribution in [-0.4, -0.2) is 56.8 Å². The van der Waals surface area contributed by atoms with Crippen LogP contribution in [0.5, 0.6) is 5.75 Å². The Morgan fingerprint density at radius 2 is 2.17 bits per heavy atom. The molecular formula is C18H26N2O3. The molecule has 0 unspecified atom stereocenters. The molecule has 0 spiro atoms. The first-order chi connectivity index (χ1) is 11.3. The van der Waals surface area contributed by atoms with Crippen molar-refractivity contribution >= 4 is 5.91 Å². The second kappa shape index (κ2) is 7.79. The summed E-state index contributed by atoms with van der Waals surface area (Å²) in [5.74, 6) is 1.27. The number of nitrogens with zero attached hydrogens (tertiary/aromatic N) is 1. The van der Waals surface area contributed by atoms with Crippen LogP contribution in [0.15, 0.2) is 24.3 Å². The predicted octanol–water partition coefficient (Wildman–Crippen LogP) is 1.93. The number of nitrogens with one attached hydrogen (secondary N) is 1. The first-order valence-corrected chi connectivity index (χ1v) is 8.50. The van der Waals surface area contributed by atoms with Gasteiger partial charge in [-0.25, -0.2) is 0 Å². The number of carbonyl (C=O) groups excluding carboxylic acids is 1. The Morgan fingerprint density at radius 3 is 2.96 bits per heavy atom. The number of amides is 1. The van der Waals surface area contributed by atoms with Gasteiger partial charge in [0.05, 0.1) is 6.61 Å². The van der Waals surface area contributed by atoms with Crippen LogP contribution in [0.2, 0.25) is 0 Å². The van der Waals surface area contributed by atoms with Crippen LogP contribution in [-0.2, 0) is 4.74 Å². The third-order valence-electron chi connectivity index (χ3n) is 4.58. The zero-order chi connectivity index (χ0) is 16.1. The molecule has 2 fully saturated rings. The second-order valence-electron chi connectivity index (χ2n) is 6.46. The average Bonchev–Trinajstić information content (AvgIpc) is 3.32. The predicted molar refractivity (Wildman–Crippen MR) is 88.8 cm³/mol. The molecule has 1 aliphatic heterocycles. The number of benzene rings is 1. The van der Waals surface area contributed by atoms with Crippen molar-refractivity contribution < 1.29 is 14.3 Å². The Morgan fingerprint density at radius 1 is 1.30 bits per heavy atom. The Bertz CT molecular complexity index is 531. The lowest BCUT2D eigenvalue weighted by Gasteiger charge is -2.15. The third-order valence-corrected chi connectivity index (χ3v) is 4.58. The van der Waals surface area contributed by atoms with Gasteiger partial charge in [0.1, 0.15) is 12.4 Å². The van der Waals surface area contributed by atoms with E-state index in [4.69, 9.17) is 9.47 Å². The van der Waals surface area contributed by atoms with Gasteiger partial charge in [0.2, 0.25) is 0 Å². The average molecular weight is 318 g/mol. The highest BCUT2D eigenvalue weighted by Crippen LogP contribution is 2.31. The van der Waals surface area contributed by atoms with Crippen molar-refractivity contribution in [2.45, 2.75) is 25.3 Å². The zero-order valence-electron chi connectivity index (χ0n) is 13.8. The maximum Gasteiger partial charge on any atom is 0.251 e. The van der Waals surface area contributed by atoms with Crippen LogP contribution in [0.25, 0.3) is 0 Å². The van der Waals surface area contributed by atoms with Crippen molar-refractivity contribution in [1.29, 1.82) is 0 Å². The fraction of sp³-hybridized carbons (Fsp3) is 0.611. The molecule has 1 amide bonds. The van der Waals surface area contributed by atoms with Crippen LogP contribution in [0.1, 0.15) is 29.6 Å². The van der Waals surface area contributed by atoms with E-state index in [2.05, 4.69) is 10.2 Å². The van der Waals surface area contributed by atoms with Crippen LogP contribution >= 0.6 is 0 Å². The smallest absolute Gasteiger partial charge is 0.251 e. The molecule has 1 aliphatic carbocycles. The summed E-state index contributed by atoms with van der Waals surface area (Å²) < 4.78 is 10.5. The fourth-order valence-corrected chi connectivity index (χ4v) is 3.11. The minimum absolute atomic E-state index is 0.0212. The molecule has 1 atom stereocenters. The van der Waals surface area contributed by atoms with Gasteiger partial charge in [0.15, 0.2) is 0 Å². The van der Waals surface area contributed by atoms with Gasteiger partial charge in [-0.05, 0) is 49.9 Å². The van der Waals surface area contributed by atoms with Crippen LogP contribution in [0, 0.1) is 5.92 Å². The highest BCUT2D eigenvalue weighted by molar-refractivity contribution is 5.94. The maximum atomic E-state index is 12.3. The van der Waals surface area contributed by atoms with E-state index in [0.717, 1.165) is 19.1 Å². The highest BCUT2D eigenvalue weighted by atomic mass is 16.5. The molecular weight excluding hydrogens is 292 g/mol. The van der Waals surface area contributed by atoms with Crippen molar-refractivity contribution in [2.75, 3.05) is 40.0 Å². The van der Waals surface area contributed by atoms with Crippen molar-refractivity contribution in [1.82, 2.24) is 10.2 Å². The standard InChI is InChI=1S/C18H26N2O3/c1-22-9-10-23-17-4-2-3-15(11-17)18(21)19-12-14-7-8-20(13-14)16-5-6-16/h2-4,11,14,16H,5-10,12-13H2,1H3,(H,19,21)/t14-/m1/s1. The minimum atomic E-state index is -0.0212. The van der Waals surface area contributed by atoms with Crippen LogP contribution in [0.3, 0.4) is 0 Å². The topological polar surface area (TPSA) is 50.8 Å². The molecule has 1 heterocycles. The summed E-state index contributed by atoms with van der Waals surface area (Å²) in [5, 5.41) is 3.07.